The molecule has 128 valence electrons. The maximum Gasteiger partial charge on any atom is 0.309 e. The molecule has 24 heavy (non-hydrogen) atoms. The Kier molecular flexibility index (Phi) is 7.42. The molecule has 0 aliphatic heterocycles. The van der Waals surface area contributed by atoms with Crippen molar-refractivity contribution < 1.29 is 23.7 Å². The van der Waals surface area contributed by atoms with Crippen molar-refractivity contribution in [2.45, 2.75) is 6.42 Å². The van der Waals surface area contributed by atoms with Crippen LogP contribution in [0.5, 0.6) is 17.2 Å². The second kappa shape index (κ2) is 9.82. The summed E-state index contributed by atoms with van der Waals surface area (Å²) in [5, 5.41) is 0. The summed E-state index contributed by atoms with van der Waals surface area (Å²) in [6.45, 7) is 0.733. The van der Waals surface area contributed by atoms with Crippen LogP contribution in [0.2, 0.25) is 0 Å². The second-order valence-electron chi connectivity index (χ2n) is 4.77. The Labute approximate surface area is 149 Å². The molecule has 0 heterocycles. The molecule has 0 saturated carbocycles. The van der Waals surface area contributed by atoms with Crippen molar-refractivity contribution in [3.8, 4) is 17.2 Å². The van der Waals surface area contributed by atoms with Gasteiger partial charge < -0.3 is 18.9 Å². The van der Waals surface area contributed by atoms with E-state index in [9.17, 15) is 4.79 Å². The summed E-state index contributed by atoms with van der Waals surface area (Å²) in [6, 6.07) is 14.7. The van der Waals surface area contributed by atoms with Crippen LogP contribution in [-0.4, -0.2) is 32.9 Å². The van der Waals surface area contributed by atoms with Crippen LogP contribution in [0.4, 0.5) is 0 Å². The Hall–Kier alpha value is -2.21. The quantitative estimate of drug-likeness (QED) is 0.477. The maximum atomic E-state index is 11.6. The van der Waals surface area contributed by atoms with E-state index in [1.807, 2.05) is 36.4 Å². The zero-order chi connectivity index (χ0) is 17.2. The molecule has 0 saturated heterocycles. The molecule has 0 aromatic heterocycles. The molecular formula is C18H19BrO5. The van der Waals surface area contributed by atoms with Gasteiger partial charge in [-0.05, 0) is 36.4 Å². The first-order chi connectivity index (χ1) is 11.7. The van der Waals surface area contributed by atoms with E-state index in [1.54, 1.807) is 19.2 Å². The minimum atomic E-state index is -0.329. The van der Waals surface area contributed by atoms with E-state index in [4.69, 9.17) is 18.9 Å². The van der Waals surface area contributed by atoms with E-state index in [0.717, 1.165) is 10.2 Å². The van der Waals surface area contributed by atoms with Gasteiger partial charge in [-0.3, -0.25) is 4.79 Å². The summed E-state index contributed by atoms with van der Waals surface area (Å²) < 4.78 is 22.2. The number of halogens is 1. The van der Waals surface area contributed by atoms with Gasteiger partial charge in [-0.2, -0.15) is 0 Å². The number of esters is 1. The van der Waals surface area contributed by atoms with Gasteiger partial charge in [0.25, 0.3) is 0 Å². The number of rotatable bonds is 9. The van der Waals surface area contributed by atoms with E-state index in [-0.39, 0.29) is 25.6 Å². The van der Waals surface area contributed by atoms with Crippen LogP contribution in [-0.2, 0) is 9.53 Å². The van der Waals surface area contributed by atoms with Crippen molar-refractivity contribution in [1.29, 1.82) is 0 Å². The summed E-state index contributed by atoms with van der Waals surface area (Å²) in [5.41, 5.74) is 0. The highest BCUT2D eigenvalue weighted by atomic mass is 79.9. The number of ether oxygens (including phenoxy) is 4. The standard InChI is InChI=1S/C18H19BrO5/c1-21-16-4-2-3-5-17(16)23-11-10-18(20)24-13-12-22-15-8-6-14(19)7-9-15/h2-9H,10-13H2,1H3. The predicted octanol–water partition coefficient (Wildman–Crippen LogP) is 3.85. The van der Waals surface area contributed by atoms with Crippen LogP contribution in [0.1, 0.15) is 6.42 Å². The van der Waals surface area contributed by atoms with Crippen molar-refractivity contribution in [1.82, 2.24) is 0 Å². The van der Waals surface area contributed by atoms with Crippen LogP contribution in [0.15, 0.2) is 53.0 Å². The molecule has 0 bridgehead atoms. The highest BCUT2D eigenvalue weighted by Crippen LogP contribution is 2.25. The highest BCUT2D eigenvalue weighted by molar-refractivity contribution is 9.10. The lowest BCUT2D eigenvalue weighted by molar-refractivity contribution is -0.144. The largest absolute Gasteiger partial charge is 0.493 e. The normalized spacial score (nSPS) is 10.1. The van der Waals surface area contributed by atoms with Crippen LogP contribution in [0.3, 0.4) is 0 Å². The third-order valence-electron chi connectivity index (χ3n) is 3.06. The number of hydrogen-bond donors (Lipinski definition) is 0. The van der Waals surface area contributed by atoms with E-state index >= 15 is 0 Å². The fourth-order valence-electron chi connectivity index (χ4n) is 1.90. The first-order valence-electron chi connectivity index (χ1n) is 7.49. The molecule has 0 N–H and O–H groups in total. The number of hydrogen-bond acceptors (Lipinski definition) is 5. The zero-order valence-electron chi connectivity index (χ0n) is 13.4. The minimum absolute atomic E-state index is 0.163. The number of carbonyl (C=O) groups is 1. The molecule has 5 nitrogen and oxygen atoms in total. The van der Waals surface area contributed by atoms with E-state index in [0.29, 0.717) is 18.1 Å². The van der Waals surface area contributed by atoms with Crippen LogP contribution < -0.4 is 14.2 Å². The lowest BCUT2D eigenvalue weighted by Gasteiger charge is -2.10. The van der Waals surface area contributed by atoms with E-state index in [1.165, 1.54) is 0 Å². The molecule has 0 radical (unpaired) electrons. The fraction of sp³-hybridized carbons (Fsp3) is 0.278. The molecule has 0 aliphatic rings. The predicted molar refractivity (Wildman–Crippen MR) is 93.7 cm³/mol. The van der Waals surface area contributed by atoms with Gasteiger partial charge in [0.1, 0.15) is 19.0 Å². The average molecular weight is 395 g/mol. The van der Waals surface area contributed by atoms with Gasteiger partial charge in [0.2, 0.25) is 0 Å². The first kappa shape index (κ1) is 18.1. The van der Waals surface area contributed by atoms with E-state index < -0.39 is 0 Å². The smallest absolute Gasteiger partial charge is 0.309 e. The molecule has 2 aromatic carbocycles. The van der Waals surface area contributed by atoms with Crippen LogP contribution in [0, 0.1) is 0 Å². The van der Waals surface area contributed by atoms with Gasteiger partial charge in [-0.15, -0.1) is 0 Å². The lowest BCUT2D eigenvalue weighted by Crippen LogP contribution is -2.14. The summed E-state index contributed by atoms with van der Waals surface area (Å²) in [5.74, 6) is 1.64. The van der Waals surface area contributed by atoms with Crippen molar-refractivity contribution in [2.75, 3.05) is 26.9 Å². The maximum absolute atomic E-state index is 11.6. The van der Waals surface area contributed by atoms with Crippen LogP contribution >= 0.6 is 15.9 Å². The monoisotopic (exact) mass is 394 g/mol. The van der Waals surface area contributed by atoms with E-state index in [2.05, 4.69) is 15.9 Å². The number of carbonyl (C=O) groups excluding carboxylic acids is 1. The summed E-state index contributed by atoms with van der Waals surface area (Å²) in [6.07, 6.45) is 0.163. The summed E-state index contributed by atoms with van der Waals surface area (Å²) >= 11 is 3.35. The molecule has 0 atom stereocenters. The Bertz CT molecular complexity index is 642. The molecule has 0 fully saturated rings. The number of methoxy groups -OCH3 is 1. The summed E-state index contributed by atoms with van der Waals surface area (Å²) in [4.78, 5) is 11.6. The van der Waals surface area contributed by atoms with Gasteiger partial charge in [-0.25, -0.2) is 0 Å². The topological polar surface area (TPSA) is 54.0 Å². The SMILES string of the molecule is COc1ccccc1OCCC(=O)OCCOc1ccc(Br)cc1. The minimum Gasteiger partial charge on any atom is -0.493 e. The first-order valence-corrected chi connectivity index (χ1v) is 8.28. The molecule has 0 spiro atoms. The van der Waals surface area contributed by atoms with Crippen molar-refractivity contribution in [3.63, 3.8) is 0 Å². The number of benzene rings is 2. The molecule has 2 aromatic rings. The van der Waals surface area contributed by atoms with Gasteiger partial charge >= 0.3 is 5.97 Å². The fourth-order valence-corrected chi connectivity index (χ4v) is 2.16. The average Bonchev–Trinajstić information content (AvgIpc) is 2.60. The van der Waals surface area contributed by atoms with Crippen molar-refractivity contribution >= 4 is 21.9 Å². The van der Waals surface area contributed by atoms with Crippen molar-refractivity contribution in [2.24, 2.45) is 0 Å². The third-order valence-corrected chi connectivity index (χ3v) is 3.59. The van der Waals surface area contributed by atoms with Gasteiger partial charge in [0, 0.05) is 4.47 Å². The lowest BCUT2D eigenvalue weighted by atomic mass is 10.3. The molecular weight excluding hydrogens is 376 g/mol. The summed E-state index contributed by atoms with van der Waals surface area (Å²) in [7, 11) is 1.57. The Morgan fingerprint density at radius 1 is 0.917 bits per heavy atom. The molecule has 2 rings (SSSR count). The number of para-hydroxylation sites is 2. The zero-order valence-corrected chi connectivity index (χ0v) is 15.0. The Morgan fingerprint density at radius 2 is 1.62 bits per heavy atom. The van der Waals surface area contributed by atoms with Gasteiger partial charge in [0.15, 0.2) is 11.5 Å². The highest BCUT2D eigenvalue weighted by Gasteiger charge is 2.06. The Morgan fingerprint density at radius 3 is 2.33 bits per heavy atom. The second-order valence-corrected chi connectivity index (χ2v) is 5.69. The molecule has 0 amide bonds. The van der Waals surface area contributed by atoms with Crippen molar-refractivity contribution in [3.05, 3.63) is 53.0 Å². The molecule has 0 aliphatic carbocycles. The molecule has 0 unspecified atom stereocenters. The Balaban J connectivity index is 1.60. The van der Waals surface area contributed by atoms with Gasteiger partial charge in [-0.1, -0.05) is 28.1 Å². The molecule has 6 heteroatoms. The van der Waals surface area contributed by atoms with Gasteiger partial charge in [0.05, 0.1) is 20.1 Å². The van der Waals surface area contributed by atoms with Crippen LogP contribution in [0.25, 0.3) is 0 Å². The third kappa shape index (κ3) is 6.12.